The van der Waals surface area contributed by atoms with Gasteiger partial charge in [0.1, 0.15) is 6.29 Å². The normalized spacial score (nSPS) is 24.1. The van der Waals surface area contributed by atoms with Crippen LogP contribution in [0.25, 0.3) is 0 Å². The van der Waals surface area contributed by atoms with Gasteiger partial charge in [-0.1, -0.05) is 0 Å². The van der Waals surface area contributed by atoms with Crippen LogP contribution in [0.2, 0.25) is 0 Å². The predicted octanol–water partition coefficient (Wildman–Crippen LogP) is 0.647. The minimum atomic E-state index is -0.297. The van der Waals surface area contributed by atoms with Crippen molar-refractivity contribution in [2.75, 3.05) is 0 Å². The Balaban J connectivity index is 2.20. The van der Waals surface area contributed by atoms with Crippen LogP contribution in [-0.4, -0.2) is 28.5 Å². The average Bonchev–Trinajstić information content (AvgIpc) is 2.66. The number of fused-ring (bicyclic) bond motifs is 1. The molecule has 2 saturated heterocycles. The second-order valence-electron chi connectivity index (χ2n) is 4.05. The van der Waals surface area contributed by atoms with Crippen molar-refractivity contribution in [3.05, 3.63) is 0 Å². The van der Waals surface area contributed by atoms with E-state index >= 15 is 0 Å². The smallest absolute Gasteiger partial charge is 0.229 e. The Bertz CT molecular complexity index is 278. The quantitative estimate of drug-likeness (QED) is 0.490. The van der Waals surface area contributed by atoms with Crippen LogP contribution in [0.4, 0.5) is 0 Å². The van der Waals surface area contributed by atoms with Crippen molar-refractivity contribution in [2.45, 2.75) is 44.1 Å². The van der Waals surface area contributed by atoms with Crippen molar-refractivity contribution in [1.82, 2.24) is 4.90 Å². The first-order valence-corrected chi connectivity index (χ1v) is 4.99. The molecule has 4 heteroatoms. The third-order valence-corrected chi connectivity index (χ3v) is 3.31. The summed E-state index contributed by atoms with van der Waals surface area (Å²) in [6.45, 7) is 0. The van der Waals surface area contributed by atoms with Gasteiger partial charge in [0.2, 0.25) is 11.8 Å². The molecule has 0 atom stereocenters. The fourth-order valence-corrected chi connectivity index (χ4v) is 2.61. The second kappa shape index (κ2) is 3.19. The summed E-state index contributed by atoms with van der Waals surface area (Å²) < 4.78 is 0. The van der Waals surface area contributed by atoms with Gasteiger partial charge in [0.25, 0.3) is 0 Å². The molecule has 2 heterocycles. The zero-order chi connectivity index (χ0) is 10.2. The van der Waals surface area contributed by atoms with Gasteiger partial charge in [-0.15, -0.1) is 0 Å². The Morgan fingerprint density at radius 1 is 1.21 bits per heavy atom. The van der Waals surface area contributed by atoms with Crippen molar-refractivity contribution in [1.29, 1.82) is 0 Å². The molecule has 0 N–H and O–H groups in total. The van der Waals surface area contributed by atoms with Gasteiger partial charge in [-0.3, -0.25) is 14.5 Å². The monoisotopic (exact) mass is 195 g/mol. The molecule has 2 rings (SSSR count). The fourth-order valence-electron chi connectivity index (χ4n) is 2.61. The molecule has 0 aliphatic carbocycles. The SMILES string of the molecule is O=CCCC12CCC(=O)N1C(=O)CC2. The third-order valence-electron chi connectivity index (χ3n) is 3.31. The van der Waals surface area contributed by atoms with E-state index < -0.39 is 0 Å². The van der Waals surface area contributed by atoms with Crippen LogP contribution in [0.3, 0.4) is 0 Å². The van der Waals surface area contributed by atoms with Crippen molar-refractivity contribution in [3.8, 4) is 0 Å². The standard InChI is InChI=1S/C10H13NO3/c12-7-1-4-10-5-2-8(13)11(10)9(14)3-6-10/h7H,1-6H2. The van der Waals surface area contributed by atoms with E-state index in [9.17, 15) is 14.4 Å². The minimum Gasteiger partial charge on any atom is -0.303 e. The number of nitrogens with zero attached hydrogens (tertiary/aromatic N) is 1. The van der Waals surface area contributed by atoms with E-state index in [0.29, 0.717) is 25.7 Å². The van der Waals surface area contributed by atoms with Gasteiger partial charge < -0.3 is 4.79 Å². The topological polar surface area (TPSA) is 54.5 Å². The Morgan fingerprint density at radius 3 is 2.29 bits per heavy atom. The summed E-state index contributed by atoms with van der Waals surface area (Å²) in [4.78, 5) is 34.6. The van der Waals surface area contributed by atoms with Crippen LogP contribution in [0.15, 0.2) is 0 Å². The number of hydrogen-bond acceptors (Lipinski definition) is 3. The van der Waals surface area contributed by atoms with Gasteiger partial charge in [0.15, 0.2) is 0 Å². The first-order chi connectivity index (χ1) is 6.69. The largest absolute Gasteiger partial charge is 0.303 e. The minimum absolute atomic E-state index is 0.0570. The van der Waals surface area contributed by atoms with Crippen LogP contribution < -0.4 is 0 Å². The Kier molecular flexibility index (Phi) is 2.13. The van der Waals surface area contributed by atoms with Crippen LogP contribution in [0.1, 0.15) is 38.5 Å². The van der Waals surface area contributed by atoms with E-state index in [2.05, 4.69) is 0 Å². The molecule has 2 fully saturated rings. The number of rotatable bonds is 3. The van der Waals surface area contributed by atoms with Crippen LogP contribution in [0.5, 0.6) is 0 Å². The van der Waals surface area contributed by atoms with E-state index in [1.807, 2.05) is 0 Å². The highest BCUT2D eigenvalue weighted by Gasteiger charge is 2.52. The molecule has 0 saturated carbocycles. The van der Waals surface area contributed by atoms with Crippen molar-refractivity contribution in [2.24, 2.45) is 0 Å². The zero-order valence-electron chi connectivity index (χ0n) is 7.99. The molecule has 2 aliphatic heterocycles. The maximum Gasteiger partial charge on any atom is 0.229 e. The van der Waals surface area contributed by atoms with Gasteiger partial charge in [0, 0.05) is 19.3 Å². The summed E-state index contributed by atoms with van der Waals surface area (Å²) in [5.41, 5.74) is -0.297. The molecule has 0 bridgehead atoms. The Morgan fingerprint density at radius 2 is 1.79 bits per heavy atom. The summed E-state index contributed by atoms with van der Waals surface area (Å²) >= 11 is 0. The first-order valence-electron chi connectivity index (χ1n) is 4.99. The van der Waals surface area contributed by atoms with Crippen molar-refractivity contribution >= 4 is 18.1 Å². The molecule has 0 spiro atoms. The van der Waals surface area contributed by atoms with Crippen molar-refractivity contribution < 1.29 is 14.4 Å². The summed E-state index contributed by atoms with van der Waals surface area (Å²) in [7, 11) is 0. The molecule has 14 heavy (non-hydrogen) atoms. The summed E-state index contributed by atoms with van der Waals surface area (Å²) in [5, 5.41) is 0. The van der Waals surface area contributed by atoms with E-state index in [4.69, 9.17) is 0 Å². The van der Waals surface area contributed by atoms with Gasteiger partial charge in [-0.05, 0) is 19.3 Å². The molecule has 4 nitrogen and oxygen atoms in total. The van der Waals surface area contributed by atoms with Gasteiger partial charge >= 0.3 is 0 Å². The number of carbonyl (C=O) groups excluding carboxylic acids is 3. The van der Waals surface area contributed by atoms with Gasteiger partial charge in [0.05, 0.1) is 5.54 Å². The molecule has 2 amide bonds. The molecule has 76 valence electrons. The lowest BCUT2D eigenvalue weighted by Gasteiger charge is -2.29. The lowest BCUT2D eigenvalue weighted by atomic mass is 9.89. The van der Waals surface area contributed by atoms with Crippen LogP contribution >= 0.6 is 0 Å². The molecule has 0 aromatic carbocycles. The van der Waals surface area contributed by atoms with Gasteiger partial charge in [-0.25, -0.2) is 0 Å². The summed E-state index contributed by atoms with van der Waals surface area (Å²) in [6.07, 6.45) is 4.36. The number of carbonyl (C=O) groups is 3. The highest BCUT2D eigenvalue weighted by atomic mass is 16.2. The van der Waals surface area contributed by atoms with Gasteiger partial charge in [-0.2, -0.15) is 0 Å². The maximum absolute atomic E-state index is 11.5. The maximum atomic E-state index is 11.5. The number of hydrogen-bond donors (Lipinski definition) is 0. The molecule has 0 radical (unpaired) electrons. The first kappa shape index (κ1) is 9.37. The zero-order valence-corrected chi connectivity index (χ0v) is 7.99. The average molecular weight is 195 g/mol. The Labute approximate surface area is 82.3 Å². The summed E-state index contributed by atoms with van der Waals surface area (Å²) in [6, 6.07) is 0. The third kappa shape index (κ3) is 1.17. The lowest BCUT2D eigenvalue weighted by molar-refractivity contribution is -0.143. The molecule has 0 unspecified atom stereocenters. The molecule has 0 aromatic rings. The summed E-state index contributed by atoms with van der Waals surface area (Å²) in [5.74, 6) is -0.114. The second-order valence-corrected chi connectivity index (χ2v) is 4.05. The molecular weight excluding hydrogens is 182 g/mol. The van der Waals surface area contributed by atoms with Crippen molar-refractivity contribution in [3.63, 3.8) is 0 Å². The van der Waals surface area contributed by atoms with E-state index in [1.165, 1.54) is 4.90 Å². The number of amides is 2. The molecule has 0 aromatic heterocycles. The lowest BCUT2D eigenvalue weighted by Crippen LogP contribution is -2.42. The van der Waals surface area contributed by atoms with E-state index in [-0.39, 0.29) is 17.4 Å². The Hall–Kier alpha value is -1.19. The highest BCUT2D eigenvalue weighted by molar-refractivity contribution is 5.99. The van der Waals surface area contributed by atoms with Crippen LogP contribution in [0, 0.1) is 0 Å². The predicted molar refractivity (Wildman–Crippen MR) is 48.4 cm³/mol. The fraction of sp³-hybridized carbons (Fsp3) is 0.700. The highest BCUT2D eigenvalue weighted by Crippen LogP contribution is 2.43. The van der Waals surface area contributed by atoms with Crippen LogP contribution in [-0.2, 0) is 14.4 Å². The number of aldehydes is 1. The molecule has 2 aliphatic rings. The molecular formula is C10H13NO3. The van der Waals surface area contributed by atoms with E-state index in [0.717, 1.165) is 19.1 Å². The number of imide groups is 1. The van der Waals surface area contributed by atoms with E-state index in [1.54, 1.807) is 0 Å².